The third-order valence-corrected chi connectivity index (χ3v) is 2.37. The molecule has 2 aromatic heterocycles. The fourth-order valence-corrected chi connectivity index (χ4v) is 1.37. The number of aromatic nitrogens is 2. The molecule has 2 rings (SSSR count). The van der Waals surface area contributed by atoms with Crippen molar-refractivity contribution in [2.45, 2.75) is 0 Å². The third-order valence-electron chi connectivity index (χ3n) is 2.37. The van der Waals surface area contributed by atoms with Gasteiger partial charge in [0.2, 0.25) is 0 Å². The van der Waals surface area contributed by atoms with Gasteiger partial charge in [-0.3, -0.25) is 29.8 Å². The summed E-state index contributed by atoms with van der Waals surface area (Å²) in [6.45, 7) is 0. The number of nitrogens with one attached hydrogen (secondary N) is 1. The fourth-order valence-electron chi connectivity index (χ4n) is 1.37. The zero-order chi connectivity index (χ0) is 17.7. The molecule has 0 spiro atoms. The number of hydrogen-bond acceptors (Lipinski definition) is 6. The number of nitro groups is 2. The van der Waals surface area contributed by atoms with E-state index in [1.54, 1.807) is 0 Å². The van der Waals surface area contributed by atoms with E-state index in [1.165, 1.54) is 7.05 Å². The Bertz CT molecular complexity index is 876. The van der Waals surface area contributed by atoms with Crippen LogP contribution in [0.15, 0.2) is 34.1 Å². The van der Waals surface area contributed by atoms with Crippen molar-refractivity contribution in [3.8, 4) is 0 Å². The second-order valence-corrected chi connectivity index (χ2v) is 4.01. The van der Waals surface area contributed by atoms with Gasteiger partial charge >= 0.3 is 22.5 Å². The first-order valence-electron chi connectivity index (χ1n) is 5.66. The second-order valence-electron chi connectivity index (χ2n) is 4.01. The molecule has 10 nitrogen and oxygen atoms in total. The van der Waals surface area contributed by atoms with Gasteiger partial charge in [0.05, 0.1) is 22.0 Å². The van der Waals surface area contributed by atoms with E-state index >= 15 is 0 Å². The monoisotopic (exact) mass is 330 g/mol. The predicted octanol–water partition coefficient (Wildman–Crippen LogP) is 0.855. The first kappa shape index (κ1) is 17.6. The van der Waals surface area contributed by atoms with Crippen LogP contribution in [-0.4, -0.2) is 19.4 Å². The Balaban J connectivity index is 0.000000231. The second kappa shape index (κ2) is 7.02. The summed E-state index contributed by atoms with van der Waals surface area (Å²) in [5.41, 5.74) is -3.26. The molecule has 0 aliphatic heterocycles. The van der Waals surface area contributed by atoms with E-state index in [1.807, 2.05) is 4.98 Å². The van der Waals surface area contributed by atoms with Gasteiger partial charge in [-0.1, -0.05) is 0 Å². The van der Waals surface area contributed by atoms with Crippen LogP contribution in [0.4, 0.5) is 20.2 Å². The molecule has 0 saturated heterocycles. The number of aryl methyl sites for hydroxylation is 1. The summed E-state index contributed by atoms with van der Waals surface area (Å²) < 4.78 is 25.6. The van der Waals surface area contributed by atoms with Gasteiger partial charge in [0, 0.05) is 19.4 Å². The molecular weight excluding hydrogens is 322 g/mol. The van der Waals surface area contributed by atoms with Crippen LogP contribution in [0.2, 0.25) is 0 Å². The van der Waals surface area contributed by atoms with Crippen LogP contribution in [0.5, 0.6) is 0 Å². The summed E-state index contributed by atoms with van der Waals surface area (Å²) in [5.74, 6) is -1.64. The van der Waals surface area contributed by atoms with Crippen LogP contribution in [-0.2, 0) is 7.05 Å². The number of aromatic amines is 1. The molecule has 0 aliphatic rings. The Morgan fingerprint density at radius 3 is 2.04 bits per heavy atom. The van der Waals surface area contributed by atoms with Crippen LogP contribution in [0.25, 0.3) is 0 Å². The van der Waals surface area contributed by atoms with Crippen molar-refractivity contribution in [2.75, 3.05) is 0 Å². The quantitative estimate of drug-likeness (QED) is 0.639. The van der Waals surface area contributed by atoms with E-state index in [9.17, 15) is 38.6 Å². The van der Waals surface area contributed by atoms with Crippen molar-refractivity contribution in [1.82, 2.24) is 9.55 Å². The minimum atomic E-state index is -0.943. The molecule has 23 heavy (non-hydrogen) atoms. The van der Waals surface area contributed by atoms with Crippen molar-refractivity contribution in [2.24, 2.45) is 7.05 Å². The highest BCUT2D eigenvalue weighted by atomic mass is 19.1. The minimum absolute atomic E-state index is 0.568. The Hall–Kier alpha value is -3.44. The van der Waals surface area contributed by atoms with Gasteiger partial charge in [-0.2, -0.15) is 0 Å². The Morgan fingerprint density at radius 2 is 1.57 bits per heavy atom. The maximum absolute atomic E-state index is 12.5. The largest absolute Gasteiger partial charge is 0.337 e. The molecule has 0 atom stereocenters. The van der Waals surface area contributed by atoms with E-state index in [2.05, 4.69) is 0 Å². The summed E-state index contributed by atoms with van der Waals surface area (Å²) in [6.07, 6.45) is 1.64. The predicted molar refractivity (Wildman–Crippen MR) is 72.0 cm³/mol. The van der Waals surface area contributed by atoms with Crippen LogP contribution >= 0.6 is 0 Å². The Morgan fingerprint density at radius 1 is 1.04 bits per heavy atom. The molecule has 12 heteroatoms. The molecule has 0 saturated carbocycles. The smallest absolute Gasteiger partial charge is 0.320 e. The van der Waals surface area contributed by atoms with Crippen LogP contribution in [0.3, 0.4) is 0 Å². The van der Waals surface area contributed by atoms with E-state index < -0.39 is 44.0 Å². The van der Waals surface area contributed by atoms with Gasteiger partial charge in [0.25, 0.3) is 0 Å². The summed E-state index contributed by atoms with van der Waals surface area (Å²) in [6, 6.07) is 1.17. The zero-order valence-electron chi connectivity index (χ0n) is 11.4. The summed E-state index contributed by atoms with van der Waals surface area (Å²) in [5, 5.41) is 20.1. The molecule has 0 radical (unpaired) electrons. The molecular formula is C11H8F2N4O6. The van der Waals surface area contributed by atoms with Gasteiger partial charge in [0.1, 0.15) is 11.6 Å². The number of rotatable bonds is 2. The van der Waals surface area contributed by atoms with Gasteiger partial charge in [-0.05, 0) is 0 Å². The first-order chi connectivity index (χ1) is 10.6. The standard InChI is InChI=1S/C6H5FN2O3.C5H3FN2O3/c1-8-3-4(7)2-5(6(8)10)9(11)12;6-3-1-4(8(10)11)5(9)7-2-3/h2-3H,1H3;1-2H,(H,7,9). The third kappa shape index (κ3) is 4.52. The molecule has 122 valence electrons. The van der Waals surface area contributed by atoms with Crippen LogP contribution in [0.1, 0.15) is 0 Å². The number of nitrogens with zero attached hydrogens (tertiary/aromatic N) is 3. The lowest BCUT2D eigenvalue weighted by Gasteiger charge is -1.95. The van der Waals surface area contributed by atoms with Crippen molar-refractivity contribution < 1.29 is 18.6 Å². The molecule has 1 N–H and O–H groups in total. The molecule has 0 fully saturated rings. The van der Waals surface area contributed by atoms with E-state index in [-0.39, 0.29) is 0 Å². The molecule has 0 aromatic carbocycles. The average Bonchev–Trinajstić information content (AvgIpc) is 2.45. The highest BCUT2D eigenvalue weighted by Gasteiger charge is 2.14. The molecule has 0 bridgehead atoms. The number of halogens is 2. The molecule has 0 unspecified atom stereocenters. The van der Waals surface area contributed by atoms with Crippen molar-refractivity contribution in [1.29, 1.82) is 0 Å². The van der Waals surface area contributed by atoms with Crippen molar-refractivity contribution in [3.63, 3.8) is 0 Å². The normalized spacial score (nSPS) is 9.70. The minimum Gasteiger partial charge on any atom is -0.320 e. The molecule has 0 aliphatic carbocycles. The maximum atomic E-state index is 12.5. The highest BCUT2D eigenvalue weighted by molar-refractivity contribution is 5.26. The van der Waals surface area contributed by atoms with E-state index in [0.717, 1.165) is 17.0 Å². The van der Waals surface area contributed by atoms with Gasteiger partial charge in [-0.15, -0.1) is 0 Å². The lowest BCUT2D eigenvalue weighted by Crippen LogP contribution is -2.19. The fraction of sp³-hybridized carbons (Fsp3) is 0.0909. The Labute approximate surface area is 124 Å². The lowest BCUT2D eigenvalue weighted by atomic mass is 10.4. The van der Waals surface area contributed by atoms with Gasteiger partial charge in [0.15, 0.2) is 0 Å². The van der Waals surface area contributed by atoms with Crippen LogP contribution < -0.4 is 11.1 Å². The van der Waals surface area contributed by atoms with Crippen LogP contribution in [0, 0.1) is 31.9 Å². The summed E-state index contributed by atoms with van der Waals surface area (Å²) >= 11 is 0. The summed E-state index contributed by atoms with van der Waals surface area (Å²) in [4.78, 5) is 41.6. The van der Waals surface area contributed by atoms with Gasteiger partial charge < -0.3 is 9.55 Å². The first-order valence-corrected chi connectivity index (χ1v) is 5.66. The summed E-state index contributed by atoms with van der Waals surface area (Å²) in [7, 11) is 1.25. The van der Waals surface area contributed by atoms with Crippen molar-refractivity contribution in [3.05, 3.63) is 77.1 Å². The Kier molecular flexibility index (Phi) is 5.37. The lowest BCUT2D eigenvalue weighted by molar-refractivity contribution is -0.386. The number of pyridine rings is 2. The average molecular weight is 330 g/mol. The van der Waals surface area contributed by atoms with E-state index in [4.69, 9.17) is 0 Å². The van der Waals surface area contributed by atoms with E-state index in [0.29, 0.717) is 12.1 Å². The topological polar surface area (TPSA) is 141 Å². The van der Waals surface area contributed by atoms with Gasteiger partial charge in [-0.25, -0.2) is 8.78 Å². The zero-order valence-corrected chi connectivity index (χ0v) is 11.4. The highest BCUT2D eigenvalue weighted by Crippen LogP contribution is 2.05. The molecule has 2 heterocycles. The maximum Gasteiger partial charge on any atom is 0.337 e. The number of H-pyrrole nitrogens is 1. The SMILES string of the molecule is Cn1cc(F)cc([N+](=O)[O-])c1=O.O=c1[nH]cc(F)cc1[N+](=O)[O-]. The van der Waals surface area contributed by atoms with Crippen molar-refractivity contribution >= 4 is 11.4 Å². The molecule has 2 aromatic rings. The molecule has 0 amide bonds. The number of hydrogen-bond donors (Lipinski definition) is 1.